The molecule has 1 aliphatic rings. The van der Waals surface area contributed by atoms with E-state index in [0.717, 1.165) is 68.2 Å². The molecule has 0 fully saturated rings. The zero-order valence-corrected chi connectivity index (χ0v) is 27.6. The first-order chi connectivity index (χ1) is 25.2. The molecule has 238 valence electrons. The molecule has 0 aliphatic heterocycles. The Bertz CT molecular complexity index is 2840. The first kappa shape index (κ1) is 30.0. The lowest BCUT2D eigenvalue weighted by molar-refractivity contribution is 0.751. The van der Waals surface area contributed by atoms with E-state index in [1.165, 1.54) is 16.3 Å². The Morgan fingerprint density at radius 2 is 1.24 bits per heavy atom. The lowest BCUT2D eigenvalue weighted by Crippen LogP contribution is -2.01. The van der Waals surface area contributed by atoms with Crippen molar-refractivity contribution in [2.75, 3.05) is 0 Å². The molecule has 2 aromatic heterocycles. The van der Waals surface area contributed by atoms with Gasteiger partial charge < -0.3 is 9.13 Å². The van der Waals surface area contributed by atoms with E-state index in [1.807, 2.05) is 42.5 Å². The van der Waals surface area contributed by atoms with Crippen molar-refractivity contribution < 1.29 is 0 Å². The van der Waals surface area contributed by atoms with Gasteiger partial charge in [0.25, 0.3) is 0 Å². The molecule has 51 heavy (non-hydrogen) atoms. The summed E-state index contributed by atoms with van der Waals surface area (Å²) in [6.45, 7) is 0. The molecule has 9 rings (SSSR count). The first-order valence-electron chi connectivity index (χ1n) is 17.1. The molecule has 1 aliphatic carbocycles. The van der Waals surface area contributed by atoms with Crippen molar-refractivity contribution in [3.8, 4) is 35.0 Å². The monoisotopic (exact) mass is 651 g/mol. The fraction of sp³-hybridized carbons (Fsp3) is 0.0652. The standard InChI is InChI=1S/C46H29N5/c47-27-30-18-25-42-39(26-30)46-35(29-49)10-7-17-44(46)50(42)36-11-5-8-31(23-24-36)32-19-21-33(22-20-32)45-34(28-48)9-6-16-43(45)51-40-14-3-1-12-37(40)38-13-2-4-15-41(38)51/h1-22,25-26,31H,23-24H2. The van der Waals surface area contributed by atoms with Crippen LogP contribution in [0.4, 0.5) is 0 Å². The second-order valence-corrected chi connectivity index (χ2v) is 13.0. The number of nitrogens with zero attached hydrogens (tertiary/aromatic N) is 5. The Labute approximate surface area is 295 Å². The van der Waals surface area contributed by atoms with Crippen LogP contribution in [0.3, 0.4) is 0 Å². The van der Waals surface area contributed by atoms with Crippen molar-refractivity contribution in [3.63, 3.8) is 0 Å². The molecule has 2 heterocycles. The van der Waals surface area contributed by atoms with Crippen LogP contribution in [0.15, 0.2) is 146 Å². The van der Waals surface area contributed by atoms with Crippen molar-refractivity contribution in [3.05, 3.63) is 168 Å². The summed E-state index contributed by atoms with van der Waals surface area (Å²) in [6, 6.07) is 50.2. The van der Waals surface area contributed by atoms with Gasteiger partial charge in [-0.15, -0.1) is 0 Å². The molecule has 8 aromatic rings. The van der Waals surface area contributed by atoms with Crippen molar-refractivity contribution >= 4 is 49.3 Å². The van der Waals surface area contributed by atoms with E-state index in [2.05, 4.69) is 130 Å². The number of nitriles is 3. The summed E-state index contributed by atoms with van der Waals surface area (Å²) in [5.41, 5.74) is 11.2. The van der Waals surface area contributed by atoms with Crippen molar-refractivity contribution in [2.45, 2.75) is 18.8 Å². The normalized spacial score (nSPS) is 14.3. The maximum atomic E-state index is 10.3. The lowest BCUT2D eigenvalue weighted by atomic mass is 9.91. The highest BCUT2D eigenvalue weighted by molar-refractivity contribution is 6.13. The summed E-state index contributed by atoms with van der Waals surface area (Å²) >= 11 is 0. The largest absolute Gasteiger partial charge is 0.313 e. The molecular formula is C46H29N5. The minimum atomic E-state index is 0.198. The Morgan fingerprint density at radius 1 is 0.569 bits per heavy atom. The Hall–Kier alpha value is -7.13. The van der Waals surface area contributed by atoms with Crippen LogP contribution in [0, 0.1) is 34.0 Å². The molecule has 0 amide bonds. The van der Waals surface area contributed by atoms with Crippen molar-refractivity contribution in [2.24, 2.45) is 0 Å². The van der Waals surface area contributed by atoms with Gasteiger partial charge in [-0.05, 0) is 84.6 Å². The van der Waals surface area contributed by atoms with E-state index in [4.69, 9.17) is 0 Å². The summed E-state index contributed by atoms with van der Waals surface area (Å²) in [5, 5.41) is 34.0. The van der Waals surface area contributed by atoms with Crippen LogP contribution in [-0.2, 0) is 0 Å². The number of fused-ring (bicyclic) bond motifs is 6. The summed E-state index contributed by atoms with van der Waals surface area (Å²) in [6.07, 6.45) is 8.30. The molecule has 1 atom stereocenters. The molecule has 5 heteroatoms. The van der Waals surface area contributed by atoms with Gasteiger partial charge in [0.1, 0.15) is 0 Å². The zero-order valence-electron chi connectivity index (χ0n) is 27.6. The average Bonchev–Trinajstić information content (AvgIpc) is 3.58. The molecule has 0 spiro atoms. The third-order valence-electron chi connectivity index (χ3n) is 10.3. The summed E-state index contributed by atoms with van der Waals surface area (Å²) in [7, 11) is 0. The van der Waals surface area contributed by atoms with Crippen molar-refractivity contribution in [1.29, 1.82) is 15.8 Å². The van der Waals surface area contributed by atoms with Crippen LogP contribution < -0.4 is 0 Å². The number of benzene rings is 6. The minimum Gasteiger partial charge on any atom is -0.313 e. The first-order valence-corrected chi connectivity index (χ1v) is 17.1. The molecule has 6 aromatic carbocycles. The fourth-order valence-corrected chi connectivity index (χ4v) is 7.99. The van der Waals surface area contributed by atoms with E-state index < -0.39 is 0 Å². The van der Waals surface area contributed by atoms with Gasteiger partial charge in [0, 0.05) is 38.7 Å². The van der Waals surface area contributed by atoms with Crippen LogP contribution in [0.5, 0.6) is 0 Å². The van der Waals surface area contributed by atoms with Gasteiger partial charge in [-0.25, -0.2) is 0 Å². The Kier molecular flexibility index (Phi) is 7.10. The third-order valence-corrected chi connectivity index (χ3v) is 10.3. The van der Waals surface area contributed by atoms with Gasteiger partial charge in [0.2, 0.25) is 0 Å². The third kappa shape index (κ3) is 4.74. The fourth-order valence-electron chi connectivity index (χ4n) is 7.99. The predicted octanol–water partition coefficient (Wildman–Crippen LogP) is 11.1. The summed E-state index contributed by atoms with van der Waals surface area (Å²) < 4.78 is 4.53. The van der Waals surface area contributed by atoms with E-state index in [1.54, 1.807) is 0 Å². The second kappa shape index (κ2) is 12.1. The zero-order chi connectivity index (χ0) is 34.5. The number of aromatic nitrogens is 2. The molecular weight excluding hydrogens is 623 g/mol. The Morgan fingerprint density at radius 3 is 1.96 bits per heavy atom. The van der Waals surface area contributed by atoms with Gasteiger partial charge >= 0.3 is 0 Å². The topological polar surface area (TPSA) is 81.2 Å². The number of rotatable bonds is 4. The number of hydrogen-bond donors (Lipinski definition) is 0. The molecule has 0 saturated carbocycles. The highest BCUT2D eigenvalue weighted by Crippen LogP contribution is 2.40. The van der Waals surface area contributed by atoms with E-state index in [0.29, 0.717) is 16.7 Å². The van der Waals surface area contributed by atoms with E-state index >= 15 is 0 Å². The molecule has 0 radical (unpaired) electrons. The van der Waals surface area contributed by atoms with Crippen LogP contribution >= 0.6 is 0 Å². The van der Waals surface area contributed by atoms with Crippen molar-refractivity contribution in [1.82, 2.24) is 9.13 Å². The molecule has 5 nitrogen and oxygen atoms in total. The maximum Gasteiger partial charge on any atom is 0.0998 e. The average molecular weight is 652 g/mol. The van der Waals surface area contributed by atoms with Gasteiger partial charge in [-0.1, -0.05) is 84.9 Å². The maximum absolute atomic E-state index is 10.3. The molecule has 0 N–H and O–H groups in total. The second-order valence-electron chi connectivity index (χ2n) is 13.0. The summed E-state index contributed by atoms with van der Waals surface area (Å²) in [5.74, 6) is 0.198. The van der Waals surface area contributed by atoms with Crippen LogP contribution in [0.2, 0.25) is 0 Å². The SMILES string of the molecule is N#Cc1ccc2c(c1)c1c(C#N)cccc1n2C1=CC=CC(c2ccc(-c3c(C#N)cccc3-n3c4ccccc4c4ccccc43)cc2)CC1. The lowest BCUT2D eigenvalue weighted by Gasteiger charge is -2.17. The number of hydrogen-bond acceptors (Lipinski definition) is 3. The van der Waals surface area contributed by atoms with Gasteiger partial charge in [-0.2, -0.15) is 15.8 Å². The predicted molar refractivity (Wildman–Crippen MR) is 205 cm³/mol. The molecule has 1 unspecified atom stereocenters. The van der Waals surface area contributed by atoms with E-state index in [9.17, 15) is 15.8 Å². The van der Waals surface area contributed by atoms with Gasteiger partial charge in [0.15, 0.2) is 0 Å². The quantitative estimate of drug-likeness (QED) is 0.190. The minimum absolute atomic E-state index is 0.198. The Balaban J connectivity index is 1.07. The smallest absolute Gasteiger partial charge is 0.0998 e. The van der Waals surface area contributed by atoms with Crippen LogP contribution in [-0.4, -0.2) is 9.13 Å². The van der Waals surface area contributed by atoms with Gasteiger partial charge in [-0.3, -0.25) is 0 Å². The highest BCUT2D eigenvalue weighted by Gasteiger charge is 2.21. The molecule has 0 saturated heterocycles. The van der Waals surface area contributed by atoms with E-state index in [-0.39, 0.29) is 5.92 Å². The summed E-state index contributed by atoms with van der Waals surface area (Å²) in [4.78, 5) is 0. The highest BCUT2D eigenvalue weighted by atomic mass is 15.0. The van der Waals surface area contributed by atoms with Crippen LogP contribution in [0.1, 0.15) is 41.0 Å². The molecule has 0 bridgehead atoms. The van der Waals surface area contributed by atoms with Crippen LogP contribution in [0.25, 0.3) is 66.1 Å². The number of allylic oxidation sites excluding steroid dienone is 4. The van der Waals surface area contributed by atoms with Gasteiger partial charge in [0.05, 0.1) is 62.7 Å². The number of para-hydroxylation sites is 2.